The summed E-state index contributed by atoms with van der Waals surface area (Å²) in [6, 6.07) is 0. The Balaban J connectivity index is 4.18. The van der Waals surface area contributed by atoms with Crippen molar-refractivity contribution in [3.8, 4) is 0 Å². The van der Waals surface area contributed by atoms with Crippen LogP contribution in [0.15, 0.2) is 0 Å². The predicted molar refractivity (Wildman–Crippen MR) is 45.4 cm³/mol. The van der Waals surface area contributed by atoms with Gasteiger partial charge in [0.1, 0.15) is 0 Å². The summed E-state index contributed by atoms with van der Waals surface area (Å²) in [6.07, 6.45) is -4.37. The lowest BCUT2D eigenvalue weighted by Crippen LogP contribution is -2.35. The largest absolute Gasteiger partial charge is 0.414 e. The fraction of sp³-hybridized carbons (Fsp3) is 1.00. The van der Waals surface area contributed by atoms with Gasteiger partial charge in [0, 0.05) is 0 Å². The summed E-state index contributed by atoms with van der Waals surface area (Å²) >= 11 is 0. The van der Waals surface area contributed by atoms with Crippen LogP contribution in [-0.2, 0) is 0 Å². The van der Waals surface area contributed by atoms with E-state index in [-0.39, 0.29) is 0 Å². The van der Waals surface area contributed by atoms with E-state index < -0.39 is 18.2 Å². The van der Waals surface area contributed by atoms with Crippen molar-refractivity contribution in [1.29, 1.82) is 0 Å². The Bertz CT molecular complexity index is 127. The molecular formula is C9H17F3O. The van der Waals surface area contributed by atoms with Gasteiger partial charge in [-0.2, -0.15) is 13.2 Å². The summed E-state index contributed by atoms with van der Waals surface area (Å²) in [6.45, 7) is 3.65. The molecule has 80 valence electrons. The van der Waals surface area contributed by atoms with Crippen LogP contribution in [0.2, 0.25) is 0 Å². The molecule has 0 aromatic heterocycles. The van der Waals surface area contributed by atoms with Gasteiger partial charge in [-0.25, -0.2) is 0 Å². The van der Waals surface area contributed by atoms with Gasteiger partial charge >= 0.3 is 6.18 Å². The maximum atomic E-state index is 12.1. The maximum absolute atomic E-state index is 12.1. The Hall–Kier alpha value is -0.250. The minimum Gasteiger partial charge on any atom is -0.383 e. The highest BCUT2D eigenvalue weighted by molar-refractivity contribution is 4.74. The van der Waals surface area contributed by atoms with Crippen LogP contribution in [-0.4, -0.2) is 17.4 Å². The summed E-state index contributed by atoms with van der Waals surface area (Å²) in [7, 11) is 0. The molecule has 4 heteroatoms. The highest BCUT2D eigenvalue weighted by atomic mass is 19.4. The molecule has 0 aliphatic carbocycles. The molecule has 0 amide bonds. The topological polar surface area (TPSA) is 20.2 Å². The molecule has 0 spiro atoms. The molecular weight excluding hydrogens is 181 g/mol. The normalized spacial score (nSPS) is 15.0. The van der Waals surface area contributed by atoms with Crippen LogP contribution >= 0.6 is 0 Å². The van der Waals surface area contributed by atoms with Crippen LogP contribution in [0.1, 0.15) is 39.5 Å². The predicted octanol–water partition coefficient (Wildman–Crippen LogP) is 3.13. The summed E-state index contributed by atoms with van der Waals surface area (Å²) in [5.74, 6) is -0.630. The van der Waals surface area contributed by atoms with Gasteiger partial charge in [-0.1, -0.05) is 26.7 Å². The zero-order valence-electron chi connectivity index (χ0n) is 8.06. The van der Waals surface area contributed by atoms with Gasteiger partial charge in [0.05, 0.1) is 0 Å². The zero-order chi connectivity index (χ0) is 10.5. The molecule has 0 aromatic rings. The van der Waals surface area contributed by atoms with Crippen molar-refractivity contribution in [1.82, 2.24) is 0 Å². The van der Waals surface area contributed by atoms with Gasteiger partial charge in [0.15, 0.2) is 6.10 Å². The van der Waals surface area contributed by atoms with Crippen LogP contribution in [0.4, 0.5) is 13.2 Å². The third-order valence-corrected chi connectivity index (χ3v) is 2.10. The average molecular weight is 198 g/mol. The second kappa shape index (κ2) is 5.47. The summed E-state index contributed by atoms with van der Waals surface area (Å²) in [5.41, 5.74) is 0. The average Bonchev–Trinajstić information content (AvgIpc) is 2.01. The molecule has 1 atom stereocenters. The highest BCUT2D eigenvalue weighted by Gasteiger charge is 2.42. The first kappa shape index (κ1) is 12.8. The lowest BCUT2D eigenvalue weighted by molar-refractivity contribution is -0.220. The second-order valence-corrected chi connectivity index (χ2v) is 3.32. The lowest BCUT2D eigenvalue weighted by atomic mass is 9.92. The molecule has 1 N–H and O–H groups in total. The van der Waals surface area contributed by atoms with Gasteiger partial charge in [-0.3, -0.25) is 0 Å². The Kier molecular flexibility index (Phi) is 5.37. The van der Waals surface area contributed by atoms with E-state index in [9.17, 15) is 13.2 Å². The minimum atomic E-state index is -4.46. The van der Waals surface area contributed by atoms with Gasteiger partial charge in [0.2, 0.25) is 0 Å². The summed E-state index contributed by atoms with van der Waals surface area (Å²) in [5, 5.41) is 8.98. The van der Waals surface area contributed by atoms with Crippen LogP contribution in [0.3, 0.4) is 0 Å². The first-order valence-electron chi connectivity index (χ1n) is 4.68. The fourth-order valence-corrected chi connectivity index (χ4v) is 1.47. The fourth-order valence-electron chi connectivity index (χ4n) is 1.47. The molecule has 0 fully saturated rings. The summed E-state index contributed by atoms with van der Waals surface area (Å²) < 4.78 is 36.3. The summed E-state index contributed by atoms with van der Waals surface area (Å²) in [4.78, 5) is 0. The lowest BCUT2D eigenvalue weighted by Gasteiger charge is -2.23. The van der Waals surface area contributed by atoms with E-state index in [1.165, 1.54) is 0 Å². The van der Waals surface area contributed by atoms with Crippen LogP contribution in [0.25, 0.3) is 0 Å². The molecule has 1 nitrogen and oxygen atoms in total. The van der Waals surface area contributed by atoms with Crippen molar-refractivity contribution in [2.24, 2.45) is 5.92 Å². The molecule has 0 radical (unpaired) electrons. The Morgan fingerprint density at radius 2 is 1.46 bits per heavy atom. The number of hydrogen-bond donors (Lipinski definition) is 1. The van der Waals surface area contributed by atoms with E-state index in [1.54, 1.807) is 0 Å². The molecule has 0 saturated heterocycles. The maximum Gasteiger partial charge on any atom is 0.414 e. The van der Waals surface area contributed by atoms with E-state index in [1.807, 2.05) is 13.8 Å². The molecule has 0 aliphatic rings. The smallest absolute Gasteiger partial charge is 0.383 e. The van der Waals surface area contributed by atoms with E-state index in [0.717, 1.165) is 0 Å². The Morgan fingerprint density at radius 3 is 1.69 bits per heavy atom. The van der Waals surface area contributed by atoms with E-state index in [2.05, 4.69) is 0 Å². The minimum absolute atomic E-state index is 0.439. The van der Waals surface area contributed by atoms with Crippen LogP contribution in [0.5, 0.6) is 0 Å². The monoisotopic (exact) mass is 198 g/mol. The van der Waals surface area contributed by atoms with Crippen molar-refractivity contribution >= 4 is 0 Å². The standard InChI is InChI=1S/C9H17F3O/c1-3-5-7(6-4-2)8(13)9(10,11)12/h7-8,13H,3-6H2,1-2H3/t8-/m1/s1. The van der Waals surface area contributed by atoms with Crippen molar-refractivity contribution in [3.63, 3.8) is 0 Å². The van der Waals surface area contributed by atoms with Crippen LogP contribution < -0.4 is 0 Å². The number of aliphatic hydroxyl groups is 1. The van der Waals surface area contributed by atoms with Crippen molar-refractivity contribution in [2.75, 3.05) is 0 Å². The van der Waals surface area contributed by atoms with Crippen molar-refractivity contribution in [2.45, 2.75) is 51.8 Å². The number of alkyl halides is 3. The first-order chi connectivity index (χ1) is 5.93. The van der Waals surface area contributed by atoms with Crippen LogP contribution in [0, 0.1) is 5.92 Å². The third kappa shape index (κ3) is 4.50. The second-order valence-electron chi connectivity index (χ2n) is 3.32. The van der Waals surface area contributed by atoms with E-state index in [0.29, 0.717) is 25.7 Å². The Morgan fingerprint density at radius 1 is 1.08 bits per heavy atom. The molecule has 0 aliphatic heterocycles. The quantitative estimate of drug-likeness (QED) is 0.719. The number of rotatable bonds is 5. The molecule has 0 unspecified atom stereocenters. The number of aliphatic hydroxyl groups excluding tert-OH is 1. The first-order valence-corrected chi connectivity index (χ1v) is 4.68. The third-order valence-electron chi connectivity index (χ3n) is 2.10. The van der Waals surface area contributed by atoms with Gasteiger partial charge in [-0.15, -0.1) is 0 Å². The van der Waals surface area contributed by atoms with Gasteiger partial charge in [-0.05, 0) is 18.8 Å². The Labute approximate surface area is 76.9 Å². The van der Waals surface area contributed by atoms with Crippen molar-refractivity contribution in [3.05, 3.63) is 0 Å². The highest BCUT2D eigenvalue weighted by Crippen LogP contribution is 2.30. The van der Waals surface area contributed by atoms with Gasteiger partial charge < -0.3 is 5.11 Å². The molecule has 0 rings (SSSR count). The molecule has 0 bridgehead atoms. The zero-order valence-corrected chi connectivity index (χ0v) is 8.06. The van der Waals surface area contributed by atoms with E-state index >= 15 is 0 Å². The SMILES string of the molecule is CCCC(CCC)[C@@H](O)C(F)(F)F. The van der Waals surface area contributed by atoms with Crippen molar-refractivity contribution < 1.29 is 18.3 Å². The van der Waals surface area contributed by atoms with Gasteiger partial charge in [0.25, 0.3) is 0 Å². The number of halogens is 3. The molecule has 0 saturated carbocycles. The molecule has 0 heterocycles. The van der Waals surface area contributed by atoms with E-state index in [4.69, 9.17) is 5.11 Å². The molecule has 0 aromatic carbocycles. The molecule has 13 heavy (non-hydrogen) atoms. The number of hydrogen-bond acceptors (Lipinski definition) is 1.